The normalized spacial score (nSPS) is 29.2. The number of nitrogens with zero attached hydrogens (tertiary/aromatic N) is 2. The number of amides is 2. The first-order valence-corrected chi connectivity index (χ1v) is 9.40. The number of likely N-dealkylation sites (tertiary alicyclic amines) is 2. The molecule has 2 aliphatic heterocycles. The van der Waals surface area contributed by atoms with Crippen molar-refractivity contribution >= 4 is 11.8 Å². The number of hydrogen-bond acceptors (Lipinski definition) is 4. The third-order valence-electron chi connectivity index (χ3n) is 6.05. The standard InChI is InChI=1S/C20H26N2O3/c23-18-16-12-21(11-15-7-3-1-4-8-15)13-17(16)19(24)22(18)14-20(25)9-5-2-6-10-20/h1,3-4,7-8,16-17,25H,2,5-6,9-14H2. The average Bonchev–Trinajstić information content (AvgIpc) is 3.11. The molecule has 4 rings (SSSR count). The molecule has 1 aromatic rings. The molecule has 2 heterocycles. The van der Waals surface area contributed by atoms with E-state index in [1.807, 2.05) is 18.2 Å². The van der Waals surface area contributed by atoms with Gasteiger partial charge in [-0.3, -0.25) is 19.4 Å². The fraction of sp³-hybridized carbons (Fsp3) is 0.600. The smallest absolute Gasteiger partial charge is 0.234 e. The van der Waals surface area contributed by atoms with Crippen LogP contribution in [0.15, 0.2) is 30.3 Å². The van der Waals surface area contributed by atoms with E-state index in [2.05, 4.69) is 17.0 Å². The van der Waals surface area contributed by atoms with Crippen LogP contribution in [0.25, 0.3) is 0 Å². The summed E-state index contributed by atoms with van der Waals surface area (Å²) >= 11 is 0. The molecule has 1 N–H and O–H groups in total. The van der Waals surface area contributed by atoms with Crippen molar-refractivity contribution in [2.45, 2.75) is 44.2 Å². The molecule has 3 fully saturated rings. The Hall–Kier alpha value is -1.72. The average molecular weight is 342 g/mol. The lowest BCUT2D eigenvalue weighted by Gasteiger charge is -2.35. The number of aliphatic hydroxyl groups is 1. The van der Waals surface area contributed by atoms with Gasteiger partial charge >= 0.3 is 0 Å². The number of imide groups is 1. The molecule has 1 aromatic carbocycles. The maximum absolute atomic E-state index is 12.8. The first-order valence-electron chi connectivity index (χ1n) is 9.40. The highest BCUT2D eigenvalue weighted by Crippen LogP contribution is 2.37. The van der Waals surface area contributed by atoms with E-state index in [0.717, 1.165) is 25.8 Å². The number of carbonyl (C=O) groups excluding carboxylic acids is 2. The number of benzene rings is 1. The third kappa shape index (κ3) is 3.23. The maximum atomic E-state index is 12.8. The zero-order chi connectivity index (χ0) is 17.4. The molecule has 2 saturated heterocycles. The van der Waals surface area contributed by atoms with Gasteiger partial charge in [-0.1, -0.05) is 49.6 Å². The van der Waals surface area contributed by atoms with E-state index < -0.39 is 5.60 Å². The van der Waals surface area contributed by atoms with Gasteiger partial charge in [0, 0.05) is 19.6 Å². The summed E-state index contributed by atoms with van der Waals surface area (Å²) in [6.07, 6.45) is 4.47. The fourth-order valence-electron chi connectivity index (χ4n) is 4.68. The molecular weight excluding hydrogens is 316 g/mol. The van der Waals surface area contributed by atoms with Crippen molar-refractivity contribution in [3.63, 3.8) is 0 Å². The summed E-state index contributed by atoms with van der Waals surface area (Å²) in [5, 5.41) is 10.7. The molecule has 2 atom stereocenters. The van der Waals surface area contributed by atoms with Crippen LogP contribution in [0.3, 0.4) is 0 Å². The van der Waals surface area contributed by atoms with Crippen LogP contribution < -0.4 is 0 Å². The maximum Gasteiger partial charge on any atom is 0.234 e. The number of hydrogen-bond donors (Lipinski definition) is 1. The van der Waals surface area contributed by atoms with Crippen LogP contribution in [0.2, 0.25) is 0 Å². The Morgan fingerprint density at radius 1 is 0.960 bits per heavy atom. The lowest BCUT2D eigenvalue weighted by atomic mass is 9.84. The zero-order valence-electron chi connectivity index (χ0n) is 14.6. The molecule has 2 unspecified atom stereocenters. The SMILES string of the molecule is O=C1C2CN(Cc3ccccc3)CC2C(=O)N1CC1(O)CCCCC1. The molecular formula is C20H26N2O3. The second-order valence-electron chi connectivity index (χ2n) is 7.94. The van der Waals surface area contributed by atoms with E-state index >= 15 is 0 Å². The first-order chi connectivity index (χ1) is 12.1. The van der Waals surface area contributed by atoms with Gasteiger partial charge in [-0.2, -0.15) is 0 Å². The van der Waals surface area contributed by atoms with Crippen LogP contribution in [-0.4, -0.2) is 52.0 Å². The van der Waals surface area contributed by atoms with E-state index in [9.17, 15) is 14.7 Å². The highest BCUT2D eigenvalue weighted by atomic mass is 16.3. The van der Waals surface area contributed by atoms with Crippen molar-refractivity contribution in [3.8, 4) is 0 Å². The summed E-state index contributed by atoms with van der Waals surface area (Å²) in [6, 6.07) is 10.2. The molecule has 0 aromatic heterocycles. The van der Waals surface area contributed by atoms with Gasteiger partial charge in [-0.05, 0) is 18.4 Å². The van der Waals surface area contributed by atoms with Crippen LogP contribution >= 0.6 is 0 Å². The van der Waals surface area contributed by atoms with E-state index in [0.29, 0.717) is 25.9 Å². The molecule has 1 saturated carbocycles. The van der Waals surface area contributed by atoms with Gasteiger partial charge in [-0.25, -0.2) is 0 Å². The Kier molecular flexibility index (Phi) is 4.38. The van der Waals surface area contributed by atoms with Gasteiger partial charge < -0.3 is 5.11 Å². The lowest BCUT2D eigenvalue weighted by molar-refractivity contribution is -0.146. The third-order valence-corrected chi connectivity index (χ3v) is 6.05. The molecule has 134 valence electrons. The van der Waals surface area contributed by atoms with Crippen molar-refractivity contribution in [1.82, 2.24) is 9.80 Å². The minimum Gasteiger partial charge on any atom is -0.388 e. The van der Waals surface area contributed by atoms with E-state index in [1.165, 1.54) is 10.5 Å². The minimum absolute atomic E-state index is 0.0791. The summed E-state index contributed by atoms with van der Waals surface area (Å²) < 4.78 is 0. The van der Waals surface area contributed by atoms with Gasteiger partial charge in [0.25, 0.3) is 0 Å². The molecule has 5 heteroatoms. The van der Waals surface area contributed by atoms with Crippen LogP contribution in [0.1, 0.15) is 37.7 Å². The van der Waals surface area contributed by atoms with Crippen LogP contribution in [0, 0.1) is 11.8 Å². The number of carbonyl (C=O) groups is 2. The highest BCUT2D eigenvalue weighted by molar-refractivity contribution is 6.05. The second-order valence-corrected chi connectivity index (χ2v) is 7.94. The van der Waals surface area contributed by atoms with Crippen LogP contribution in [0.4, 0.5) is 0 Å². The monoisotopic (exact) mass is 342 g/mol. The Balaban J connectivity index is 1.41. The molecule has 2 amide bonds. The van der Waals surface area contributed by atoms with E-state index in [-0.39, 0.29) is 30.2 Å². The second kappa shape index (κ2) is 6.54. The summed E-state index contributed by atoms with van der Waals surface area (Å²) in [5.74, 6) is -0.624. The van der Waals surface area contributed by atoms with Gasteiger partial charge in [0.15, 0.2) is 0 Å². The van der Waals surface area contributed by atoms with Crippen molar-refractivity contribution in [3.05, 3.63) is 35.9 Å². The predicted octanol–water partition coefficient (Wildman–Crippen LogP) is 1.80. The lowest BCUT2D eigenvalue weighted by Crippen LogP contribution is -2.48. The Bertz CT molecular complexity index is 630. The number of fused-ring (bicyclic) bond motifs is 1. The summed E-state index contributed by atoms with van der Waals surface area (Å²) in [7, 11) is 0. The highest BCUT2D eigenvalue weighted by Gasteiger charge is 2.53. The fourth-order valence-corrected chi connectivity index (χ4v) is 4.68. The van der Waals surface area contributed by atoms with E-state index in [4.69, 9.17) is 0 Å². The largest absolute Gasteiger partial charge is 0.388 e. The molecule has 5 nitrogen and oxygen atoms in total. The van der Waals surface area contributed by atoms with Gasteiger partial charge in [0.05, 0.1) is 24.0 Å². The Labute approximate surface area is 148 Å². The zero-order valence-corrected chi connectivity index (χ0v) is 14.6. The molecule has 0 spiro atoms. The summed E-state index contributed by atoms with van der Waals surface area (Å²) in [4.78, 5) is 29.1. The van der Waals surface area contributed by atoms with Gasteiger partial charge in [0.1, 0.15) is 0 Å². The number of rotatable bonds is 4. The quantitative estimate of drug-likeness (QED) is 0.848. The summed E-state index contributed by atoms with van der Waals surface area (Å²) in [6.45, 7) is 2.24. The van der Waals surface area contributed by atoms with Crippen molar-refractivity contribution < 1.29 is 14.7 Å². The van der Waals surface area contributed by atoms with Gasteiger partial charge in [-0.15, -0.1) is 0 Å². The topological polar surface area (TPSA) is 60.9 Å². The molecule has 25 heavy (non-hydrogen) atoms. The molecule has 3 aliphatic rings. The molecule has 0 bridgehead atoms. The van der Waals surface area contributed by atoms with Crippen molar-refractivity contribution in [1.29, 1.82) is 0 Å². The number of β-amino-alcohol motifs (C(OH)–C–C–N with tert-alkyl or cyclic N) is 1. The van der Waals surface area contributed by atoms with Crippen LogP contribution in [0.5, 0.6) is 0 Å². The Morgan fingerprint density at radius 3 is 2.16 bits per heavy atom. The minimum atomic E-state index is -0.869. The van der Waals surface area contributed by atoms with Crippen molar-refractivity contribution in [2.75, 3.05) is 19.6 Å². The van der Waals surface area contributed by atoms with E-state index in [1.54, 1.807) is 0 Å². The first kappa shape index (κ1) is 16.7. The Morgan fingerprint density at radius 2 is 1.56 bits per heavy atom. The van der Waals surface area contributed by atoms with Crippen molar-refractivity contribution in [2.24, 2.45) is 11.8 Å². The summed E-state index contributed by atoms with van der Waals surface area (Å²) in [5.41, 5.74) is 0.335. The van der Waals surface area contributed by atoms with Crippen LogP contribution in [-0.2, 0) is 16.1 Å². The predicted molar refractivity (Wildman–Crippen MR) is 93.5 cm³/mol. The molecule has 1 aliphatic carbocycles. The van der Waals surface area contributed by atoms with Gasteiger partial charge in [0.2, 0.25) is 11.8 Å². The molecule has 0 radical (unpaired) electrons.